The molecule has 2 N–H and O–H groups in total. The lowest BCUT2D eigenvalue weighted by atomic mass is 10.0. The molecule has 0 bridgehead atoms. The third-order valence-corrected chi connectivity index (χ3v) is 6.45. The Balaban J connectivity index is 1.70. The van der Waals surface area contributed by atoms with Crippen LogP contribution in [0.2, 0.25) is 0 Å². The molecule has 2 aromatic heterocycles. The Labute approximate surface area is 170 Å². The van der Waals surface area contributed by atoms with Crippen molar-refractivity contribution >= 4 is 23.2 Å². The van der Waals surface area contributed by atoms with Crippen LogP contribution in [0.5, 0.6) is 0 Å². The molecule has 0 aromatic carbocycles. The molecule has 1 atom stereocenters. The minimum Gasteiger partial charge on any atom is -0.368 e. The van der Waals surface area contributed by atoms with Gasteiger partial charge in [-0.3, -0.25) is 19.5 Å². The van der Waals surface area contributed by atoms with Gasteiger partial charge in [-0.1, -0.05) is 19.9 Å². The second-order valence-corrected chi connectivity index (χ2v) is 8.23. The number of nitrogens with two attached hydrogens (primary N) is 1. The zero-order chi connectivity index (χ0) is 20.3. The van der Waals surface area contributed by atoms with Crippen molar-refractivity contribution < 1.29 is 9.59 Å². The Hall–Kier alpha value is -2.25. The molecule has 0 spiro atoms. The molecular formula is C21H28N4O2S. The molecule has 0 aliphatic carbocycles. The maximum absolute atomic E-state index is 12.9. The summed E-state index contributed by atoms with van der Waals surface area (Å²) in [5.41, 5.74) is 9.59. The van der Waals surface area contributed by atoms with Crippen molar-refractivity contribution in [1.82, 2.24) is 14.8 Å². The summed E-state index contributed by atoms with van der Waals surface area (Å²) in [4.78, 5) is 34.2. The van der Waals surface area contributed by atoms with Crippen LogP contribution in [-0.4, -0.2) is 46.2 Å². The number of amides is 2. The number of fused-ring (bicyclic) bond motifs is 1. The largest absolute Gasteiger partial charge is 0.368 e. The van der Waals surface area contributed by atoms with Crippen molar-refractivity contribution in [2.24, 2.45) is 5.73 Å². The highest BCUT2D eigenvalue weighted by Gasteiger charge is 2.29. The third-order valence-electron chi connectivity index (χ3n) is 5.44. The van der Waals surface area contributed by atoms with Gasteiger partial charge in [-0.2, -0.15) is 0 Å². The fraction of sp³-hybridized carbons (Fsp3) is 0.476. The summed E-state index contributed by atoms with van der Waals surface area (Å²) in [7, 11) is 1.66. The van der Waals surface area contributed by atoms with E-state index >= 15 is 0 Å². The monoisotopic (exact) mass is 400 g/mol. The summed E-state index contributed by atoms with van der Waals surface area (Å²) in [6.45, 7) is 6.51. The zero-order valence-corrected chi connectivity index (χ0v) is 17.6. The molecule has 0 saturated carbocycles. The van der Waals surface area contributed by atoms with Gasteiger partial charge in [0.05, 0.1) is 11.3 Å². The lowest BCUT2D eigenvalue weighted by Crippen LogP contribution is -2.45. The number of thiophene rings is 1. The second-order valence-electron chi connectivity index (χ2n) is 7.27. The summed E-state index contributed by atoms with van der Waals surface area (Å²) in [6.07, 6.45) is 4.29. The third kappa shape index (κ3) is 4.25. The van der Waals surface area contributed by atoms with Gasteiger partial charge >= 0.3 is 0 Å². The molecule has 2 amide bonds. The quantitative estimate of drug-likeness (QED) is 0.775. The maximum Gasteiger partial charge on any atom is 0.255 e. The highest BCUT2D eigenvalue weighted by atomic mass is 32.1. The van der Waals surface area contributed by atoms with Crippen molar-refractivity contribution in [1.29, 1.82) is 0 Å². The Morgan fingerprint density at radius 1 is 1.36 bits per heavy atom. The van der Waals surface area contributed by atoms with Gasteiger partial charge in [-0.15, -0.1) is 11.3 Å². The molecular weight excluding hydrogens is 372 g/mol. The summed E-state index contributed by atoms with van der Waals surface area (Å²) in [5, 5.41) is 1.93. The van der Waals surface area contributed by atoms with E-state index in [0.29, 0.717) is 12.0 Å². The first kappa shape index (κ1) is 20.5. The van der Waals surface area contributed by atoms with Crippen molar-refractivity contribution in [3.63, 3.8) is 0 Å². The molecule has 150 valence electrons. The Kier molecular flexibility index (Phi) is 6.46. The highest BCUT2D eigenvalue weighted by Crippen LogP contribution is 2.30. The van der Waals surface area contributed by atoms with E-state index in [1.54, 1.807) is 18.4 Å². The van der Waals surface area contributed by atoms with Crippen LogP contribution in [0, 0.1) is 0 Å². The van der Waals surface area contributed by atoms with E-state index in [4.69, 9.17) is 5.73 Å². The minimum absolute atomic E-state index is 0.117. The van der Waals surface area contributed by atoms with Gasteiger partial charge < -0.3 is 10.6 Å². The van der Waals surface area contributed by atoms with Gasteiger partial charge in [0.15, 0.2) is 0 Å². The fourth-order valence-electron chi connectivity index (χ4n) is 3.68. The van der Waals surface area contributed by atoms with E-state index in [1.165, 1.54) is 15.3 Å². The van der Waals surface area contributed by atoms with Gasteiger partial charge in [-0.05, 0) is 36.5 Å². The Morgan fingerprint density at radius 2 is 2.14 bits per heavy atom. The smallest absolute Gasteiger partial charge is 0.255 e. The van der Waals surface area contributed by atoms with Crippen molar-refractivity contribution in [2.45, 2.75) is 52.2 Å². The molecule has 7 heteroatoms. The number of hydrogen-bond donors (Lipinski definition) is 1. The van der Waals surface area contributed by atoms with Gasteiger partial charge in [0.25, 0.3) is 5.91 Å². The van der Waals surface area contributed by atoms with E-state index in [0.717, 1.165) is 43.7 Å². The molecule has 0 saturated heterocycles. The van der Waals surface area contributed by atoms with Crippen LogP contribution in [0.1, 0.15) is 52.3 Å². The number of carbonyl (C=O) groups excluding carboxylic acids is 2. The first-order chi connectivity index (χ1) is 13.4. The van der Waals surface area contributed by atoms with E-state index in [1.807, 2.05) is 18.5 Å². The van der Waals surface area contributed by atoms with Crippen LogP contribution in [0.4, 0.5) is 0 Å². The van der Waals surface area contributed by atoms with Gasteiger partial charge in [-0.25, -0.2) is 0 Å². The number of aromatic nitrogens is 1. The van der Waals surface area contributed by atoms with Crippen LogP contribution < -0.4 is 5.73 Å². The first-order valence-corrected chi connectivity index (χ1v) is 10.6. The zero-order valence-electron chi connectivity index (χ0n) is 16.8. The number of likely N-dealkylation sites (N-methyl/N-ethyl adjacent to an activating group) is 1. The van der Waals surface area contributed by atoms with E-state index in [-0.39, 0.29) is 5.91 Å². The van der Waals surface area contributed by atoms with Crippen molar-refractivity contribution in [2.75, 3.05) is 13.6 Å². The summed E-state index contributed by atoms with van der Waals surface area (Å²) in [5.74, 6) is -0.580. The molecule has 0 radical (unpaired) electrons. The molecule has 6 nitrogen and oxygen atoms in total. The van der Waals surface area contributed by atoms with Crippen LogP contribution in [0.15, 0.2) is 23.7 Å². The molecule has 28 heavy (non-hydrogen) atoms. The lowest BCUT2D eigenvalue weighted by Gasteiger charge is -2.28. The molecule has 1 aliphatic heterocycles. The molecule has 0 unspecified atom stereocenters. The molecule has 1 aliphatic rings. The van der Waals surface area contributed by atoms with Gasteiger partial charge in [0.2, 0.25) is 5.91 Å². The topological polar surface area (TPSA) is 79.5 Å². The minimum atomic E-state index is -0.569. The summed E-state index contributed by atoms with van der Waals surface area (Å²) in [6, 6.07) is 3.67. The van der Waals surface area contributed by atoms with Gasteiger partial charge in [0, 0.05) is 43.1 Å². The molecule has 3 rings (SSSR count). The number of aryl methyl sites for hydroxylation is 1. The Morgan fingerprint density at radius 3 is 2.75 bits per heavy atom. The van der Waals surface area contributed by atoms with E-state index < -0.39 is 11.9 Å². The number of rotatable bonds is 7. The lowest BCUT2D eigenvalue weighted by molar-refractivity contribution is -0.122. The van der Waals surface area contributed by atoms with Crippen LogP contribution in [-0.2, 0) is 30.7 Å². The highest BCUT2D eigenvalue weighted by molar-refractivity contribution is 7.10. The van der Waals surface area contributed by atoms with Crippen molar-refractivity contribution in [3.05, 3.63) is 51.0 Å². The second kappa shape index (κ2) is 8.84. The number of nitrogens with zero attached hydrogens (tertiary/aromatic N) is 3. The predicted octanol–water partition coefficient (Wildman–Crippen LogP) is 2.60. The van der Waals surface area contributed by atoms with Crippen molar-refractivity contribution in [3.8, 4) is 0 Å². The van der Waals surface area contributed by atoms with Crippen LogP contribution in [0.25, 0.3) is 0 Å². The SMILES string of the molecule is CCc1ccc(CN2CCc3c(C(=O)N(C)[C@@H](CC)C(N)=O)csc3C2)nc1. The number of carbonyl (C=O) groups is 2. The predicted molar refractivity (Wildman–Crippen MR) is 111 cm³/mol. The number of primary amides is 1. The van der Waals surface area contributed by atoms with E-state index in [2.05, 4.69) is 28.9 Å². The van der Waals surface area contributed by atoms with Crippen LogP contribution >= 0.6 is 11.3 Å². The maximum atomic E-state index is 12.9. The van der Waals surface area contributed by atoms with Gasteiger partial charge in [0.1, 0.15) is 6.04 Å². The Bertz CT molecular complexity index is 847. The van der Waals surface area contributed by atoms with E-state index in [9.17, 15) is 9.59 Å². The molecule has 3 heterocycles. The average molecular weight is 401 g/mol. The summed E-state index contributed by atoms with van der Waals surface area (Å²) >= 11 is 1.62. The number of hydrogen-bond acceptors (Lipinski definition) is 5. The standard InChI is InChI=1S/C21H28N4O2S/c1-4-14-6-7-15(23-10-14)11-25-9-8-16-17(13-28-19(16)12-25)21(27)24(3)18(5-2)20(22)26/h6-7,10,13,18H,4-5,8-9,11-12H2,1-3H3,(H2,22,26)/t18-/m0/s1. The average Bonchev–Trinajstić information content (AvgIpc) is 3.11. The fourth-order valence-corrected chi connectivity index (χ4v) is 4.79. The molecule has 0 fully saturated rings. The normalized spacial score (nSPS) is 15.1. The first-order valence-electron chi connectivity index (χ1n) is 9.76. The summed E-state index contributed by atoms with van der Waals surface area (Å²) < 4.78 is 0. The van der Waals surface area contributed by atoms with Crippen LogP contribution in [0.3, 0.4) is 0 Å². The molecule has 2 aromatic rings. The number of pyridine rings is 1.